The highest BCUT2D eigenvalue weighted by Gasteiger charge is 2.14. The highest BCUT2D eigenvalue weighted by Crippen LogP contribution is 2.24. The van der Waals surface area contributed by atoms with Crippen LogP contribution < -0.4 is 0 Å². The van der Waals surface area contributed by atoms with Gasteiger partial charge in [-0.2, -0.15) is 0 Å². The first-order valence-corrected chi connectivity index (χ1v) is 5.90. The van der Waals surface area contributed by atoms with Crippen molar-refractivity contribution in [3.8, 4) is 0 Å². The van der Waals surface area contributed by atoms with Crippen LogP contribution in [0.3, 0.4) is 0 Å². The first kappa shape index (κ1) is 11.5. The summed E-state index contributed by atoms with van der Waals surface area (Å²) in [6, 6.07) is 8.68. The topological polar surface area (TPSA) is 68.3 Å². The molecule has 1 aromatic carbocycles. The Bertz CT molecular complexity index is 728. The van der Waals surface area contributed by atoms with E-state index in [1.807, 2.05) is 23.6 Å². The minimum Gasteiger partial charge on any atom is -0.478 e. The summed E-state index contributed by atoms with van der Waals surface area (Å²) in [6.45, 7) is 2.01. The van der Waals surface area contributed by atoms with Crippen LogP contribution in [-0.2, 0) is 0 Å². The number of rotatable bonds is 3. The zero-order valence-corrected chi connectivity index (χ0v) is 10.3. The highest BCUT2D eigenvalue weighted by molar-refractivity contribution is 5.92. The van der Waals surface area contributed by atoms with Crippen molar-refractivity contribution in [2.24, 2.45) is 0 Å². The third kappa shape index (κ3) is 1.89. The van der Waals surface area contributed by atoms with Crippen LogP contribution in [0.4, 0.5) is 0 Å². The van der Waals surface area contributed by atoms with E-state index in [1.165, 1.54) is 0 Å². The number of hydrogen-bond acceptors (Lipinski definition) is 3. The van der Waals surface area contributed by atoms with Gasteiger partial charge >= 0.3 is 5.97 Å². The number of furan rings is 1. The molecule has 0 spiro atoms. The second-order valence-corrected chi connectivity index (χ2v) is 4.35. The molecule has 5 heteroatoms. The molecule has 3 aromatic rings. The molecule has 0 radical (unpaired) electrons. The lowest BCUT2D eigenvalue weighted by molar-refractivity contribution is 0.0697. The number of aromatic nitrogens is 2. The van der Waals surface area contributed by atoms with Gasteiger partial charge in [0.15, 0.2) is 0 Å². The summed E-state index contributed by atoms with van der Waals surface area (Å²) in [5, 5.41) is 8.96. The second-order valence-electron chi connectivity index (χ2n) is 4.35. The number of carboxylic acids is 1. The second kappa shape index (κ2) is 4.28. The standard InChI is InChI=1S/C14H12N2O3/c1-9(13-3-2-6-19-13)16-8-15-11-7-10(14(17)18)4-5-12(11)16/h2-9H,1H3,(H,17,18). The summed E-state index contributed by atoms with van der Waals surface area (Å²) in [5.74, 6) is -0.114. The normalized spacial score (nSPS) is 12.7. The predicted molar refractivity (Wildman–Crippen MR) is 69.2 cm³/mol. The van der Waals surface area contributed by atoms with Crippen LogP contribution >= 0.6 is 0 Å². The van der Waals surface area contributed by atoms with Gasteiger partial charge in [0.2, 0.25) is 0 Å². The average molecular weight is 256 g/mol. The summed E-state index contributed by atoms with van der Waals surface area (Å²) in [7, 11) is 0. The fourth-order valence-corrected chi connectivity index (χ4v) is 2.14. The van der Waals surface area contributed by atoms with Crippen molar-refractivity contribution in [3.63, 3.8) is 0 Å². The van der Waals surface area contributed by atoms with Gasteiger partial charge < -0.3 is 14.1 Å². The fraction of sp³-hybridized carbons (Fsp3) is 0.143. The van der Waals surface area contributed by atoms with E-state index in [4.69, 9.17) is 9.52 Å². The molecular weight excluding hydrogens is 244 g/mol. The van der Waals surface area contributed by atoms with E-state index in [0.29, 0.717) is 5.52 Å². The summed E-state index contributed by atoms with van der Waals surface area (Å²) >= 11 is 0. The quantitative estimate of drug-likeness (QED) is 0.782. The Morgan fingerprint density at radius 1 is 1.42 bits per heavy atom. The first-order chi connectivity index (χ1) is 9.16. The molecule has 0 aliphatic heterocycles. The monoisotopic (exact) mass is 256 g/mol. The summed E-state index contributed by atoms with van der Waals surface area (Å²) < 4.78 is 7.35. The third-order valence-electron chi connectivity index (χ3n) is 3.19. The number of benzene rings is 1. The van der Waals surface area contributed by atoms with Crippen LogP contribution in [0.2, 0.25) is 0 Å². The smallest absolute Gasteiger partial charge is 0.335 e. The lowest BCUT2D eigenvalue weighted by Gasteiger charge is -2.11. The summed E-state index contributed by atoms with van der Waals surface area (Å²) in [6.07, 6.45) is 3.33. The minimum atomic E-state index is -0.949. The van der Waals surface area contributed by atoms with E-state index in [1.54, 1.807) is 30.8 Å². The zero-order chi connectivity index (χ0) is 13.4. The number of hydrogen-bond donors (Lipinski definition) is 1. The molecule has 5 nitrogen and oxygen atoms in total. The van der Waals surface area contributed by atoms with Gasteiger partial charge in [0.25, 0.3) is 0 Å². The molecule has 96 valence electrons. The first-order valence-electron chi connectivity index (χ1n) is 5.90. The van der Waals surface area contributed by atoms with Crippen molar-refractivity contribution in [2.45, 2.75) is 13.0 Å². The predicted octanol–water partition coefficient (Wildman–Crippen LogP) is 2.94. The number of fused-ring (bicyclic) bond motifs is 1. The van der Waals surface area contributed by atoms with E-state index >= 15 is 0 Å². The number of carbonyl (C=O) groups is 1. The number of aromatic carboxylic acids is 1. The molecule has 2 heterocycles. The van der Waals surface area contributed by atoms with Gasteiger partial charge in [-0.05, 0) is 37.3 Å². The molecule has 1 N–H and O–H groups in total. The molecule has 0 saturated heterocycles. The lowest BCUT2D eigenvalue weighted by atomic mass is 10.2. The molecule has 1 atom stereocenters. The summed E-state index contributed by atoms with van der Waals surface area (Å²) in [4.78, 5) is 15.2. The Kier molecular flexibility index (Phi) is 2.59. The van der Waals surface area contributed by atoms with Gasteiger partial charge in [-0.25, -0.2) is 9.78 Å². The maximum atomic E-state index is 10.9. The van der Waals surface area contributed by atoms with Crippen molar-refractivity contribution >= 4 is 17.0 Å². The van der Waals surface area contributed by atoms with Crippen molar-refractivity contribution in [1.82, 2.24) is 9.55 Å². The van der Waals surface area contributed by atoms with Gasteiger partial charge in [0, 0.05) is 0 Å². The molecule has 3 rings (SSSR count). The Morgan fingerprint density at radius 3 is 2.95 bits per heavy atom. The van der Waals surface area contributed by atoms with Gasteiger partial charge in [0.05, 0.1) is 35.2 Å². The van der Waals surface area contributed by atoms with Gasteiger partial charge in [-0.1, -0.05) is 0 Å². The average Bonchev–Trinajstić information content (AvgIpc) is 3.06. The maximum absolute atomic E-state index is 10.9. The molecule has 0 fully saturated rings. The number of carboxylic acid groups (broad SMARTS) is 1. The van der Waals surface area contributed by atoms with Crippen LogP contribution in [0.1, 0.15) is 29.1 Å². The summed E-state index contributed by atoms with van der Waals surface area (Å²) in [5.41, 5.74) is 1.79. The van der Waals surface area contributed by atoms with Gasteiger partial charge in [-0.15, -0.1) is 0 Å². The van der Waals surface area contributed by atoms with Crippen LogP contribution in [0, 0.1) is 0 Å². The molecule has 0 aliphatic rings. The van der Waals surface area contributed by atoms with E-state index < -0.39 is 5.97 Å². The van der Waals surface area contributed by atoms with Crippen molar-refractivity contribution in [2.75, 3.05) is 0 Å². The zero-order valence-electron chi connectivity index (χ0n) is 10.3. The Hall–Kier alpha value is -2.56. The van der Waals surface area contributed by atoms with Crippen molar-refractivity contribution < 1.29 is 14.3 Å². The Morgan fingerprint density at radius 2 is 2.26 bits per heavy atom. The van der Waals surface area contributed by atoms with Crippen molar-refractivity contribution in [1.29, 1.82) is 0 Å². The molecule has 19 heavy (non-hydrogen) atoms. The van der Waals surface area contributed by atoms with Crippen LogP contribution in [0.15, 0.2) is 47.3 Å². The third-order valence-corrected chi connectivity index (χ3v) is 3.19. The molecular formula is C14H12N2O3. The molecule has 2 aromatic heterocycles. The van der Waals surface area contributed by atoms with Gasteiger partial charge in [-0.3, -0.25) is 0 Å². The maximum Gasteiger partial charge on any atom is 0.335 e. The SMILES string of the molecule is CC(c1ccco1)n1cnc2cc(C(=O)O)ccc21. The largest absolute Gasteiger partial charge is 0.478 e. The lowest BCUT2D eigenvalue weighted by Crippen LogP contribution is -2.04. The van der Waals surface area contributed by atoms with E-state index in [9.17, 15) is 4.79 Å². The van der Waals surface area contributed by atoms with Gasteiger partial charge in [0.1, 0.15) is 5.76 Å². The van der Waals surface area contributed by atoms with E-state index in [-0.39, 0.29) is 11.6 Å². The van der Waals surface area contributed by atoms with Crippen molar-refractivity contribution in [3.05, 3.63) is 54.2 Å². The van der Waals surface area contributed by atoms with E-state index in [0.717, 1.165) is 11.3 Å². The molecule has 1 unspecified atom stereocenters. The van der Waals surface area contributed by atoms with E-state index in [2.05, 4.69) is 4.98 Å². The molecule has 0 aliphatic carbocycles. The molecule has 0 amide bonds. The Labute approximate surface area is 109 Å². The highest BCUT2D eigenvalue weighted by atomic mass is 16.4. The Balaban J connectivity index is 2.08. The van der Waals surface area contributed by atoms with Crippen LogP contribution in [0.5, 0.6) is 0 Å². The molecule has 0 saturated carbocycles. The van der Waals surface area contributed by atoms with Crippen LogP contribution in [0.25, 0.3) is 11.0 Å². The number of imidazole rings is 1. The number of nitrogens with zero attached hydrogens (tertiary/aromatic N) is 2. The molecule has 0 bridgehead atoms. The minimum absolute atomic E-state index is 0.00989. The van der Waals surface area contributed by atoms with Crippen LogP contribution in [-0.4, -0.2) is 20.6 Å². The fourth-order valence-electron chi connectivity index (χ4n) is 2.14.